The molecule has 2 bridgehead atoms. The molecule has 21 heavy (non-hydrogen) atoms. The van der Waals surface area contributed by atoms with Crippen LogP contribution in [0.15, 0.2) is 24.3 Å². The molecule has 1 aromatic carbocycles. The highest BCUT2D eigenvalue weighted by Crippen LogP contribution is 2.58. The Hall–Kier alpha value is -0.930. The van der Waals surface area contributed by atoms with Gasteiger partial charge in [-0.2, -0.15) is 0 Å². The molecule has 2 saturated heterocycles. The van der Waals surface area contributed by atoms with Crippen molar-refractivity contribution in [1.29, 1.82) is 0 Å². The first-order chi connectivity index (χ1) is 9.87. The van der Waals surface area contributed by atoms with Crippen molar-refractivity contribution in [2.24, 2.45) is 11.8 Å². The molecule has 1 aromatic rings. The van der Waals surface area contributed by atoms with E-state index in [9.17, 15) is 4.39 Å². The van der Waals surface area contributed by atoms with Gasteiger partial charge in [-0.05, 0) is 31.2 Å². The summed E-state index contributed by atoms with van der Waals surface area (Å²) in [6.45, 7) is 9.19. The number of benzene rings is 1. The molecule has 2 aliphatic heterocycles. The average Bonchev–Trinajstić information content (AvgIpc) is 2.86. The van der Waals surface area contributed by atoms with Gasteiger partial charge in [0.05, 0.1) is 23.9 Å². The second-order valence-electron chi connectivity index (χ2n) is 7.22. The highest BCUT2D eigenvalue weighted by Gasteiger charge is 2.64. The Bertz CT molecular complexity index is 530. The summed E-state index contributed by atoms with van der Waals surface area (Å²) < 4.78 is 26.2. The lowest BCUT2D eigenvalue weighted by Crippen LogP contribution is -2.43. The third-order valence-electron chi connectivity index (χ3n) is 5.53. The third kappa shape index (κ3) is 2.31. The number of ether oxygens (including phenoxy) is 2. The van der Waals surface area contributed by atoms with Gasteiger partial charge in [-0.1, -0.05) is 39.0 Å². The third-order valence-corrected chi connectivity index (χ3v) is 5.53. The topological polar surface area (TPSA) is 18.5 Å². The van der Waals surface area contributed by atoms with Gasteiger partial charge in [0.25, 0.3) is 0 Å². The van der Waals surface area contributed by atoms with Crippen LogP contribution in [0.2, 0.25) is 0 Å². The van der Waals surface area contributed by atoms with Crippen LogP contribution in [0.5, 0.6) is 0 Å². The van der Waals surface area contributed by atoms with E-state index in [0.717, 1.165) is 12.8 Å². The second-order valence-corrected chi connectivity index (χ2v) is 7.22. The van der Waals surface area contributed by atoms with E-state index in [-0.39, 0.29) is 23.1 Å². The van der Waals surface area contributed by atoms with Crippen molar-refractivity contribution in [1.82, 2.24) is 0 Å². The van der Waals surface area contributed by atoms with Crippen LogP contribution < -0.4 is 0 Å². The van der Waals surface area contributed by atoms with Gasteiger partial charge < -0.3 is 9.47 Å². The average molecular weight is 292 g/mol. The van der Waals surface area contributed by atoms with Gasteiger partial charge in [-0.15, -0.1) is 0 Å². The van der Waals surface area contributed by atoms with Crippen molar-refractivity contribution >= 4 is 0 Å². The minimum absolute atomic E-state index is 0.0516. The Balaban J connectivity index is 1.73. The van der Waals surface area contributed by atoms with E-state index in [0.29, 0.717) is 24.0 Å². The van der Waals surface area contributed by atoms with E-state index in [1.54, 1.807) is 12.1 Å². The first kappa shape index (κ1) is 15.0. The Morgan fingerprint density at radius 2 is 2.05 bits per heavy atom. The molecule has 0 amide bonds. The number of rotatable bonds is 4. The van der Waals surface area contributed by atoms with Crippen LogP contribution in [0.1, 0.15) is 46.1 Å². The summed E-state index contributed by atoms with van der Waals surface area (Å²) in [7, 11) is 0. The molecule has 4 atom stereocenters. The summed E-state index contributed by atoms with van der Waals surface area (Å²) in [4.78, 5) is 0. The molecule has 0 N–H and O–H groups in total. The summed E-state index contributed by atoms with van der Waals surface area (Å²) in [6.07, 6.45) is 1.99. The van der Waals surface area contributed by atoms with Crippen LogP contribution in [0.3, 0.4) is 0 Å². The zero-order valence-electron chi connectivity index (χ0n) is 13.4. The molecule has 0 saturated carbocycles. The van der Waals surface area contributed by atoms with E-state index in [1.165, 1.54) is 6.07 Å². The van der Waals surface area contributed by atoms with E-state index in [1.807, 2.05) is 6.07 Å². The van der Waals surface area contributed by atoms with Gasteiger partial charge in [0.15, 0.2) is 0 Å². The Kier molecular flexibility index (Phi) is 3.61. The van der Waals surface area contributed by atoms with Gasteiger partial charge in [-0.3, -0.25) is 0 Å². The summed E-state index contributed by atoms with van der Waals surface area (Å²) in [6, 6.07) is 6.82. The smallest absolute Gasteiger partial charge is 0.128 e. The first-order valence-electron chi connectivity index (χ1n) is 7.92. The zero-order chi connectivity index (χ0) is 15.3. The van der Waals surface area contributed by atoms with Crippen LogP contribution in [0.25, 0.3) is 0 Å². The molecule has 0 aromatic heterocycles. The molecule has 1 unspecified atom stereocenters. The van der Waals surface area contributed by atoms with Gasteiger partial charge in [0, 0.05) is 12.0 Å². The van der Waals surface area contributed by atoms with Gasteiger partial charge in [-0.25, -0.2) is 4.39 Å². The maximum Gasteiger partial charge on any atom is 0.128 e. The predicted octanol–water partition coefficient (Wildman–Crippen LogP) is 4.32. The summed E-state index contributed by atoms with van der Waals surface area (Å²) >= 11 is 0. The van der Waals surface area contributed by atoms with Crippen LogP contribution >= 0.6 is 0 Å². The molecular formula is C18H25FO2. The molecular weight excluding hydrogens is 267 g/mol. The van der Waals surface area contributed by atoms with Gasteiger partial charge in [0.1, 0.15) is 5.82 Å². The normalized spacial score (nSPS) is 38.4. The molecule has 2 aliphatic rings. The van der Waals surface area contributed by atoms with Gasteiger partial charge in [0.2, 0.25) is 0 Å². The van der Waals surface area contributed by atoms with Crippen molar-refractivity contribution in [2.45, 2.75) is 64.4 Å². The lowest BCUT2D eigenvalue weighted by molar-refractivity contribution is -0.0992. The molecule has 0 spiro atoms. The van der Waals surface area contributed by atoms with Crippen molar-refractivity contribution in [3.05, 3.63) is 35.6 Å². The molecule has 3 heteroatoms. The molecule has 116 valence electrons. The molecule has 2 heterocycles. The number of hydrogen-bond donors (Lipinski definition) is 0. The Morgan fingerprint density at radius 1 is 1.33 bits per heavy atom. The molecule has 0 aliphatic carbocycles. The Labute approximate surface area is 126 Å². The van der Waals surface area contributed by atoms with Crippen molar-refractivity contribution in [2.75, 3.05) is 0 Å². The second kappa shape index (κ2) is 5.06. The van der Waals surface area contributed by atoms with E-state index >= 15 is 0 Å². The predicted molar refractivity (Wildman–Crippen MR) is 80.4 cm³/mol. The number of halogens is 1. The van der Waals surface area contributed by atoms with E-state index < -0.39 is 0 Å². The number of fused-ring (bicyclic) bond motifs is 2. The highest BCUT2D eigenvalue weighted by molar-refractivity contribution is 5.17. The fourth-order valence-electron chi connectivity index (χ4n) is 4.27. The minimum Gasteiger partial charge on any atom is -0.370 e. The summed E-state index contributed by atoms with van der Waals surface area (Å²) in [5, 5.41) is 0. The van der Waals surface area contributed by atoms with Crippen molar-refractivity contribution < 1.29 is 13.9 Å². The van der Waals surface area contributed by atoms with Crippen molar-refractivity contribution in [3.63, 3.8) is 0 Å². The molecule has 3 rings (SSSR count). The fraction of sp³-hybridized carbons (Fsp3) is 0.667. The summed E-state index contributed by atoms with van der Waals surface area (Å²) in [5.41, 5.74) is 0.319. The lowest BCUT2D eigenvalue weighted by atomic mass is 9.69. The molecule has 2 nitrogen and oxygen atoms in total. The standard InChI is InChI=1S/C18H25FO2/c1-12(2)18-10-16(17(4,21-18)9-13(18)3)20-11-14-7-5-6-8-15(14)19/h5-8,12-13,16H,9-11H2,1-4H3/t13?,16-,17+,18-/m1/s1. The van der Waals surface area contributed by atoms with E-state index in [4.69, 9.17) is 9.47 Å². The zero-order valence-corrected chi connectivity index (χ0v) is 13.4. The monoisotopic (exact) mass is 292 g/mol. The quantitative estimate of drug-likeness (QED) is 0.822. The Morgan fingerprint density at radius 3 is 2.67 bits per heavy atom. The summed E-state index contributed by atoms with van der Waals surface area (Å²) in [5.74, 6) is 0.825. The maximum atomic E-state index is 13.7. The fourth-order valence-corrected chi connectivity index (χ4v) is 4.27. The lowest BCUT2D eigenvalue weighted by Gasteiger charge is -2.36. The largest absolute Gasteiger partial charge is 0.370 e. The molecule has 2 fully saturated rings. The highest BCUT2D eigenvalue weighted by atomic mass is 19.1. The maximum absolute atomic E-state index is 13.7. The van der Waals surface area contributed by atoms with Crippen LogP contribution in [-0.4, -0.2) is 17.3 Å². The number of hydrogen-bond acceptors (Lipinski definition) is 2. The van der Waals surface area contributed by atoms with Crippen molar-refractivity contribution in [3.8, 4) is 0 Å². The van der Waals surface area contributed by atoms with Crippen LogP contribution in [-0.2, 0) is 16.1 Å². The SMILES string of the molecule is CC(C)[C@]12C[C@@H](OCc3ccccc3F)[C@](C)(CC1C)O2. The minimum atomic E-state index is -0.227. The van der Waals surface area contributed by atoms with E-state index in [2.05, 4.69) is 27.7 Å². The first-order valence-corrected chi connectivity index (χ1v) is 7.92. The molecule has 0 radical (unpaired) electrons. The van der Waals surface area contributed by atoms with Crippen LogP contribution in [0.4, 0.5) is 4.39 Å². The van der Waals surface area contributed by atoms with Gasteiger partial charge >= 0.3 is 0 Å². The van der Waals surface area contributed by atoms with Crippen LogP contribution in [0, 0.1) is 17.7 Å².